The third-order valence-corrected chi connectivity index (χ3v) is 2.56. The first-order valence-corrected chi connectivity index (χ1v) is 5.29. The van der Waals surface area contributed by atoms with Crippen molar-refractivity contribution in [2.75, 3.05) is 0 Å². The molecule has 60 valence electrons. The van der Waals surface area contributed by atoms with E-state index < -0.39 is 4.84 Å². The van der Waals surface area contributed by atoms with Crippen molar-refractivity contribution in [1.82, 2.24) is 0 Å². The maximum absolute atomic E-state index is 5.67. The second-order valence-corrected chi connectivity index (χ2v) is 4.93. The van der Waals surface area contributed by atoms with Gasteiger partial charge in [-0.15, -0.1) is 23.2 Å². The van der Waals surface area contributed by atoms with E-state index in [2.05, 4.69) is 31.9 Å². The highest BCUT2D eigenvalue weighted by molar-refractivity contribution is 9.11. The Morgan fingerprint density at radius 3 is 1.82 bits per heavy atom. The molecule has 0 saturated carbocycles. The number of alkyl halides is 2. The molecule has 0 nitrogen and oxygen atoms in total. The second kappa shape index (κ2) is 4.13. The quantitative estimate of drug-likeness (QED) is 0.659. The van der Waals surface area contributed by atoms with Gasteiger partial charge in [0.05, 0.1) is 0 Å². The van der Waals surface area contributed by atoms with E-state index in [4.69, 9.17) is 23.2 Å². The summed E-state index contributed by atoms with van der Waals surface area (Å²) in [5.41, 5.74) is 0.884. The van der Waals surface area contributed by atoms with E-state index >= 15 is 0 Å². The highest BCUT2D eigenvalue weighted by Crippen LogP contribution is 2.29. The Morgan fingerprint density at radius 2 is 1.45 bits per heavy atom. The van der Waals surface area contributed by atoms with Crippen LogP contribution in [0.3, 0.4) is 0 Å². The lowest BCUT2D eigenvalue weighted by Gasteiger charge is -2.02. The van der Waals surface area contributed by atoms with Gasteiger partial charge in [-0.25, -0.2) is 0 Å². The summed E-state index contributed by atoms with van der Waals surface area (Å²) >= 11 is 18.0. The van der Waals surface area contributed by atoms with Crippen LogP contribution >= 0.6 is 55.1 Å². The van der Waals surface area contributed by atoms with Crippen LogP contribution in [0, 0.1) is 0 Å². The zero-order chi connectivity index (χ0) is 8.43. The molecule has 0 heterocycles. The third-order valence-electron chi connectivity index (χ3n) is 1.14. The molecule has 0 amide bonds. The summed E-state index contributed by atoms with van der Waals surface area (Å²) in [7, 11) is 0. The van der Waals surface area contributed by atoms with Gasteiger partial charge in [0.15, 0.2) is 0 Å². The van der Waals surface area contributed by atoms with E-state index in [0.29, 0.717) is 0 Å². The molecule has 0 bridgehead atoms. The van der Waals surface area contributed by atoms with Gasteiger partial charge in [-0.05, 0) is 23.8 Å². The molecule has 11 heavy (non-hydrogen) atoms. The van der Waals surface area contributed by atoms with Crippen molar-refractivity contribution in [3.63, 3.8) is 0 Å². The van der Waals surface area contributed by atoms with E-state index in [1.165, 1.54) is 0 Å². The third kappa shape index (κ3) is 2.94. The fraction of sp³-hybridized carbons (Fsp3) is 0.143. The van der Waals surface area contributed by atoms with Crippen LogP contribution in [-0.2, 0) is 0 Å². The molecule has 0 aliphatic rings. The Morgan fingerprint density at radius 1 is 1.00 bits per heavy atom. The minimum absolute atomic E-state index is 0.469. The molecule has 0 aromatic heterocycles. The van der Waals surface area contributed by atoms with E-state index in [1.54, 1.807) is 0 Å². The van der Waals surface area contributed by atoms with Crippen molar-refractivity contribution in [3.05, 3.63) is 32.7 Å². The maximum Gasteiger partial charge on any atom is 0.132 e. The van der Waals surface area contributed by atoms with Crippen molar-refractivity contribution in [2.45, 2.75) is 4.84 Å². The van der Waals surface area contributed by atoms with Gasteiger partial charge in [0.1, 0.15) is 4.84 Å². The molecule has 0 radical (unpaired) electrons. The Kier molecular flexibility index (Phi) is 3.69. The van der Waals surface area contributed by atoms with Gasteiger partial charge in [-0.1, -0.05) is 31.9 Å². The number of hydrogen-bond acceptors (Lipinski definition) is 0. The zero-order valence-electron chi connectivity index (χ0n) is 5.32. The lowest BCUT2D eigenvalue weighted by molar-refractivity contribution is 1.33. The van der Waals surface area contributed by atoms with Crippen LogP contribution in [0.5, 0.6) is 0 Å². The first-order chi connectivity index (χ1) is 5.09. The van der Waals surface area contributed by atoms with Gasteiger partial charge in [0.2, 0.25) is 0 Å². The van der Waals surface area contributed by atoms with Crippen molar-refractivity contribution in [1.29, 1.82) is 0 Å². The summed E-state index contributed by atoms with van der Waals surface area (Å²) in [6.07, 6.45) is 0. The minimum atomic E-state index is -0.469. The van der Waals surface area contributed by atoms with E-state index in [1.807, 2.05) is 18.2 Å². The van der Waals surface area contributed by atoms with E-state index in [0.717, 1.165) is 14.5 Å². The predicted octanol–water partition coefficient (Wildman–Crippen LogP) is 4.69. The Labute approximate surface area is 92.1 Å². The lowest BCUT2D eigenvalue weighted by Crippen LogP contribution is -1.81. The van der Waals surface area contributed by atoms with Crippen LogP contribution in [0.1, 0.15) is 10.4 Å². The molecule has 1 aromatic rings. The molecule has 0 saturated heterocycles. The number of halogens is 4. The average molecular weight is 319 g/mol. The largest absolute Gasteiger partial charge is 0.132 e. The normalized spacial score (nSPS) is 10.6. The summed E-state index contributed by atoms with van der Waals surface area (Å²) in [5.74, 6) is 0. The Balaban J connectivity index is 3.08. The zero-order valence-corrected chi connectivity index (χ0v) is 10.0. The number of benzene rings is 1. The average Bonchev–Trinajstić information content (AvgIpc) is 1.85. The van der Waals surface area contributed by atoms with Gasteiger partial charge in [0, 0.05) is 8.95 Å². The Bertz CT molecular complexity index is 240. The summed E-state index contributed by atoms with van der Waals surface area (Å²) in [5, 5.41) is 0. The van der Waals surface area contributed by atoms with Crippen LogP contribution in [0.15, 0.2) is 27.1 Å². The maximum atomic E-state index is 5.67. The molecular weight excluding hydrogens is 315 g/mol. The summed E-state index contributed by atoms with van der Waals surface area (Å²) in [6, 6.07) is 5.70. The van der Waals surface area contributed by atoms with Gasteiger partial charge in [-0.2, -0.15) is 0 Å². The second-order valence-electron chi connectivity index (χ2n) is 2.00. The van der Waals surface area contributed by atoms with Gasteiger partial charge >= 0.3 is 0 Å². The fourth-order valence-electron chi connectivity index (χ4n) is 0.701. The van der Waals surface area contributed by atoms with Crippen LogP contribution in [0.25, 0.3) is 0 Å². The van der Waals surface area contributed by atoms with Crippen LogP contribution in [-0.4, -0.2) is 0 Å². The SMILES string of the molecule is ClC(Cl)c1cc(Br)cc(Br)c1. The lowest BCUT2D eigenvalue weighted by atomic mass is 10.2. The van der Waals surface area contributed by atoms with Crippen LogP contribution < -0.4 is 0 Å². The molecule has 4 heteroatoms. The molecule has 0 fully saturated rings. The smallest absolute Gasteiger partial charge is 0.100 e. The number of rotatable bonds is 1. The number of hydrogen-bond donors (Lipinski definition) is 0. The highest BCUT2D eigenvalue weighted by Gasteiger charge is 2.04. The Hall–Kier alpha value is 0.760. The summed E-state index contributed by atoms with van der Waals surface area (Å²) < 4.78 is 1.93. The molecule has 0 N–H and O–H groups in total. The van der Waals surface area contributed by atoms with Crippen LogP contribution in [0.4, 0.5) is 0 Å². The van der Waals surface area contributed by atoms with Crippen molar-refractivity contribution in [3.8, 4) is 0 Å². The molecule has 1 aromatic carbocycles. The molecular formula is C7H4Br2Cl2. The molecule has 1 rings (SSSR count). The summed E-state index contributed by atoms with van der Waals surface area (Å²) in [4.78, 5) is -0.469. The highest BCUT2D eigenvalue weighted by atomic mass is 79.9. The fourth-order valence-corrected chi connectivity index (χ4v) is 2.28. The van der Waals surface area contributed by atoms with E-state index in [-0.39, 0.29) is 0 Å². The molecule has 0 spiro atoms. The van der Waals surface area contributed by atoms with Crippen LogP contribution in [0.2, 0.25) is 0 Å². The molecule has 0 aliphatic carbocycles. The first-order valence-electron chi connectivity index (χ1n) is 2.84. The molecule has 0 aliphatic heterocycles. The first kappa shape index (κ1) is 9.85. The van der Waals surface area contributed by atoms with E-state index in [9.17, 15) is 0 Å². The molecule has 0 unspecified atom stereocenters. The van der Waals surface area contributed by atoms with Gasteiger partial charge < -0.3 is 0 Å². The van der Waals surface area contributed by atoms with Gasteiger partial charge in [0.25, 0.3) is 0 Å². The van der Waals surface area contributed by atoms with Gasteiger partial charge in [-0.3, -0.25) is 0 Å². The topological polar surface area (TPSA) is 0 Å². The monoisotopic (exact) mass is 316 g/mol. The minimum Gasteiger partial charge on any atom is -0.100 e. The molecule has 0 atom stereocenters. The predicted molar refractivity (Wildman–Crippen MR) is 56.3 cm³/mol. The standard InChI is InChI=1S/C7H4Br2Cl2/c8-5-1-4(7(10)11)2-6(9)3-5/h1-3,7H. The van der Waals surface area contributed by atoms with Crippen molar-refractivity contribution >= 4 is 55.1 Å². The van der Waals surface area contributed by atoms with Crippen molar-refractivity contribution < 1.29 is 0 Å². The summed E-state index contributed by atoms with van der Waals surface area (Å²) in [6.45, 7) is 0. The van der Waals surface area contributed by atoms with Crippen molar-refractivity contribution in [2.24, 2.45) is 0 Å².